The Morgan fingerprint density at radius 2 is 1.68 bits per heavy atom. The lowest BCUT2D eigenvalue weighted by Gasteiger charge is -2.37. The van der Waals surface area contributed by atoms with Crippen LogP contribution in [-0.2, 0) is 9.47 Å². The Kier molecular flexibility index (Phi) is 8.40. The third kappa shape index (κ3) is 8.59. The second kappa shape index (κ2) is 8.73. The van der Waals surface area contributed by atoms with Gasteiger partial charge in [0.1, 0.15) is 5.60 Å². The van der Waals surface area contributed by atoms with Crippen molar-refractivity contribution >= 4 is 6.09 Å². The summed E-state index contributed by atoms with van der Waals surface area (Å²) in [4.78, 5) is 14.2. The van der Waals surface area contributed by atoms with E-state index in [2.05, 4.69) is 19.2 Å². The number of rotatable bonds is 7. The molecule has 0 radical (unpaired) electrons. The van der Waals surface area contributed by atoms with Gasteiger partial charge in [0.05, 0.1) is 6.61 Å². The lowest BCUT2D eigenvalue weighted by Crippen LogP contribution is -2.51. The standard InChI is InChI=1S/C17H36N2O3/c1-13(2)14(12-21-9)18-10-11-19(16(3,4)5)15(20)22-17(6,7)8/h13-14,18H,10-12H2,1-9H3. The van der Waals surface area contributed by atoms with Gasteiger partial charge in [-0.05, 0) is 47.5 Å². The van der Waals surface area contributed by atoms with Crippen LogP contribution in [0.4, 0.5) is 4.79 Å². The highest BCUT2D eigenvalue weighted by molar-refractivity contribution is 5.69. The number of nitrogens with one attached hydrogen (secondary N) is 1. The molecule has 0 saturated carbocycles. The maximum atomic E-state index is 12.4. The monoisotopic (exact) mass is 316 g/mol. The average molecular weight is 316 g/mol. The average Bonchev–Trinajstić information content (AvgIpc) is 2.28. The maximum Gasteiger partial charge on any atom is 0.410 e. The molecule has 0 spiro atoms. The van der Waals surface area contributed by atoms with Gasteiger partial charge >= 0.3 is 6.09 Å². The largest absolute Gasteiger partial charge is 0.444 e. The fourth-order valence-electron chi connectivity index (χ4n) is 2.05. The van der Waals surface area contributed by atoms with Crippen LogP contribution in [0.3, 0.4) is 0 Å². The maximum absolute atomic E-state index is 12.4. The summed E-state index contributed by atoms with van der Waals surface area (Å²) in [6.45, 7) is 18.0. The van der Waals surface area contributed by atoms with Crippen LogP contribution in [0.15, 0.2) is 0 Å². The van der Waals surface area contributed by atoms with Gasteiger partial charge in [0.2, 0.25) is 0 Å². The Labute approximate surface area is 136 Å². The summed E-state index contributed by atoms with van der Waals surface area (Å²) in [5, 5.41) is 3.47. The molecule has 0 aliphatic rings. The first kappa shape index (κ1) is 21.2. The summed E-state index contributed by atoms with van der Waals surface area (Å²) in [7, 11) is 1.71. The molecule has 0 bridgehead atoms. The minimum atomic E-state index is -0.482. The number of methoxy groups -OCH3 is 1. The van der Waals surface area contributed by atoms with Gasteiger partial charge in [-0.15, -0.1) is 0 Å². The van der Waals surface area contributed by atoms with Crippen molar-refractivity contribution in [3.05, 3.63) is 0 Å². The first-order valence-corrected chi connectivity index (χ1v) is 8.11. The van der Waals surface area contributed by atoms with Crippen LogP contribution >= 0.6 is 0 Å². The van der Waals surface area contributed by atoms with E-state index in [0.29, 0.717) is 25.6 Å². The number of amides is 1. The SMILES string of the molecule is COCC(NCCN(C(=O)OC(C)(C)C)C(C)(C)C)C(C)C. The highest BCUT2D eigenvalue weighted by Gasteiger charge is 2.30. The minimum Gasteiger partial charge on any atom is -0.444 e. The van der Waals surface area contributed by atoms with Gasteiger partial charge in [0, 0.05) is 31.8 Å². The Morgan fingerprint density at radius 3 is 2.05 bits per heavy atom. The molecule has 0 fully saturated rings. The first-order valence-electron chi connectivity index (χ1n) is 8.11. The molecule has 0 aromatic rings. The molecule has 0 aliphatic carbocycles. The van der Waals surface area contributed by atoms with Gasteiger partial charge in [-0.25, -0.2) is 4.79 Å². The lowest BCUT2D eigenvalue weighted by molar-refractivity contribution is 0.00614. The van der Waals surface area contributed by atoms with Crippen LogP contribution < -0.4 is 5.32 Å². The molecule has 1 atom stereocenters. The molecule has 0 aromatic carbocycles. The Bertz CT molecular complexity index is 330. The molecule has 132 valence electrons. The lowest BCUT2D eigenvalue weighted by atomic mass is 10.0. The predicted octanol–water partition coefficient (Wildman–Crippen LogP) is 3.28. The summed E-state index contributed by atoms with van der Waals surface area (Å²) in [5.74, 6) is 0.476. The molecule has 0 rings (SSSR count). The number of carbonyl (C=O) groups excluding carboxylic acids is 1. The molecule has 5 nitrogen and oxygen atoms in total. The van der Waals surface area contributed by atoms with E-state index in [1.165, 1.54) is 0 Å². The molecular formula is C17H36N2O3. The highest BCUT2D eigenvalue weighted by Crippen LogP contribution is 2.18. The van der Waals surface area contributed by atoms with E-state index in [1.807, 2.05) is 41.5 Å². The highest BCUT2D eigenvalue weighted by atomic mass is 16.6. The third-order valence-corrected chi connectivity index (χ3v) is 3.32. The van der Waals surface area contributed by atoms with E-state index in [1.54, 1.807) is 12.0 Å². The van der Waals surface area contributed by atoms with Gasteiger partial charge in [0.15, 0.2) is 0 Å². The fraction of sp³-hybridized carbons (Fsp3) is 0.941. The van der Waals surface area contributed by atoms with Crippen molar-refractivity contribution in [3.8, 4) is 0 Å². The van der Waals surface area contributed by atoms with Crippen molar-refractivity contribution in [1.82, 2.24) is 10.2 Å². The molecule has 1 amide bonds. The van der Waals surface area contributed by atoms with Crippen molar-refractivity contribution in [2.45, 2.75) is 72.6 Å². The minimum absolute atomic E-state index is 0.269. The zero-order valence-corrected chi connectivity index (χ0v) is 15.9. The summed E-state index contributed by atoms with van der Waals surface area (Å²) in [5.41, 5.74) is -0.761. The molecule has 1 N–H and O–H groups in total. The Hall–Kier alpha value is -0.810. The van der Waals surface area contributed by atoms with Crippen LogP contribution in [0.1, 0.15) is 55.4 Å². The van der Waals surface area contributed by atoms with Crippen LogP contribution in [-0.4, -0.2) is 55.0 Å². The van der Waals surface area contributed by atoms with Crippen molar-refractivity contribution in [3.63, 3.8) is 0 Å². The second-order valence-electron chi connectivity index (χ2n) is 8.06. The zero-order valence-electron chi connectivity index (χ0n) is 15.9. The van der Waals surface area contributed by atoms with Crippen molar-refractivity contribution in [1.29, 1.82) is 0 Å². The predicted molar refractivity (Wildman–Crippen MR) is 91.2 cm³/mol. The normalized spacial score (nSPS) is 14.1. The van der Waals surface area contributed by atoms with Gasteiger partial charge < -0.3 is 19.7 Å². The molecule has 0 aromatic heterocycles. The number of ether oxygens (including phenoxy) is 2. The van der Waals surface area contributed by atoms with Gasteiger partial charge in [-0.1, -0.05) is 13.8 Å². The van der Waals surface area contributed by atoms with E-state index in [9.17, 15) is 4.79 Å². The van der Waals surface area contributed by atoms with E-state index >= 15 is 0 Å². The topological polar surface area (TPSA) is 50.8 Å². The third-order valence-electron chi connectivity index (χ3n) is 3.32. The quantitative estimate of drug-likeness (QED) is 0.783. The van der Waals surface area contributed by atoms with Crippen LogP contribution in [0.25, 0.3) is 0 Å². The van der Waals surface area contributed by atoms with Crippen LogP contribution in [0.2, 0.25) is 0 Å². The van der Waals surface area contributed by atoms with E-state index in [4.69, 9.17) is 9.47 Å². The van der Waals surface area contributed by atoms with Crippen molar-refractivity contribution < 1.29 is 14.3 Å². The molecule has 0 aliphatic heterocycles. The molecule has 0 saturated heterocycles. The summed E-state index contributed by atoms with van der Waals surface area (Å²) >= 11 is 0. The van der Waals surface area contributed by atoms with Gasteiger partial charge in [-0.3, -0.25) is 0 Å². The summed E-state index contributed by atoms with van der Waals surface area (Å²) in [6.07, 6.45) is -0.269. The first-order chi connectivity index (χ1) is 9.88. The summed E-state index contributed by atoms with van der Waals surface area (Å²) < 4.78 is 10.7. The van der Waals surface area contributed by atoms with Crippen LogP contribution in [0, 0.1) is 5.92 Å². The van der Waals surface area contributed by atoms with Crippen molar-refractivity contribution in [2.24, 2.45) is 5.92 Å². The molecule has 22 heavy (non-hydrogen) atoms. The number of nitrogens with zero attached hydrogens (tertiary/aromatic N) is 1. The zero-order chi connectivity index (χ0) is 17.6. The Morgan fingerprint density at radius 1 is 1.14 bits per heavy atom. The molecule has 0 heterocycles. The van der Waals surface area contributed by atoms with Gasteiger partial charge in [-0.2, -0.15) is 0 Å². The second-order valence-corrected chi connectivity index (χ2v) is 8.06. The molecular weight excluding hydrogens is 280 g/mol. The van der Waals surface area contributed by atoms with Crippen LogP contribution in [0.5, 0.6) is 0 Å². The van der Waals surface area contributed by atoms with E-state index < -0.39 is 5.60 Å². The molecule has 5 heteroatoms. The number of hydrogen-bond acceptors (Lipinski definition) is 4. The van der Waals surface area contributed by atoms with Crippen molar-refractivity contribution in [2.75, 3.05) is 26.8 Å². The molecule has 1 unspecified atom stereocenters. The number of hydrogen-bond donors (Lipinski definition) is 1. The van der Waals surface area contributed by atoms with E-state index in [-0.39, 0.29) is 17.7 Å². The van der Waals surface area contributed by atoms with Gasteiger partial charge in [0.25, 0.3) is 0 Å². The smallest absolute Gasteiger partial charge is 0.410 e. The summed E-state index contributed by atoms with van der Waals surface area (Å²) in [6, 6.07) is 0.283. The van der Waals surface area contributed by atoms with E-state index in [0.717, 1.165) is 0 Å². The number of carbonyl (C=O) groups is 1. The fourth-order valence-corrected chi connectivity index (χ4v) is 2.05. The Balaban J connectivity index is 4.65.